The van der Waals surface area contributed by atoms with Crippen LogP contribution in [0.3, 0.4) is 0 Å². The van der Waals surface area contributed by atoms with E-state index in [1.54, 1.807) is 0 Å². The number of carboxylic acids is 1. The number of carboxylic acid groups (broad SMARTS) is 1. The quantitative estimate of drug-likeness (QED) is 0.665. The maximum Gasteiger partial charge on any atom is 0.305 e. The number of nitrogens with two attached hydrogens (primary N) is 1. The smallest absolute Gasteiger partial charge is 0.305 e. The largest absolute Gasteiger partial charge is 0.481 e. The van der Waals surface area contributed by atoms with Crippen LogP contribution in [-0.4, -0.2) is 58.3 Å². The zero-order valence-electron chi connectivity index (χ0n) is 15.0. The summed E-state index contributed by atoms with van der Waals surface area (Å²) < 4.78 is 0. The van der Waals surface area contributed by atoms with E-state index in [1.165, 1.54) is 0 Å². The summed E-state index contributed by atoms with van der Waals surface area (Å²) in [5.74, 6) is -0.383. The molecule has 1 saturated heterocycles. The first-order valence-electron chi connectivity index (χ1n) is 8.71. The van der Waals surface area contributed by atoms with Crippen molar-refractivity contribution in [1.29, 1.82) is 0 Å². The molecule has 3 rings (SSSR count). The number of fused-ring (bicyclic) bond motifs is 1. The first kappa shape index (κ1) is 19.4. The Labute approximate surface area is 168 Å². The lowest BCUT2D eigenvalue weighted by Crippen LogP contribution is -2.53. The van der Waals surface area contributed by atoms with Crippen LogP contribution in [0, 0.1) is 0 Å². The van der Waals surface area contributed by atoms with Gasteiger partial charge in [-0.2, -0.15) is 0 Å². The minimum absolute atomic E-state index is 0.0327. The van der Waals surface area contributed by atoms with Crippen LogP contribution in [0.1, 0.15) is 13.3 Å². The van der Waals surface area contributed by atoms with Crippen LogP contribution < -0.4 is 16.0 Å². The van der Waals surface area contributed by atoms with Gasteiger partial charge in [0.2, 0.25) is 0 Å². The van der Waals surface area contributed by atoms with Gasteiger partial charge in [0, 0.05) is 54.4 Å². The minimum atomic E-state index is -0.843. The Morgan fingerprint density at radius 1 is 1.37 bits per heavy atom. The van der Waals surface area contributed by atoms with Gasteiger partial charge in [-0.15, -0.1) is 0 Å². The van der Waals surface area contributed by atoms with E-state index >= 15 is 0 Å². The van der Waals surface area contributed by atoms with Crippen molar-refractivity contribution in [2.45, 2.75) is 19.4 Å². The number of rotatable bonds is 4. The van der Waals surface area contributed by atoms with Crippen molar-refractivity contribution >= 4 is 57.3 Å². The molecular weight excluding hydrogens is 386 g/mol. The lowest BCUT2D eigenvalue weighted by Gasteiger charge is -2.38. The van der Waals surface area contributed by atoms with Crippen LogP contribution in [0.4, 0.5) is 11.5 Å². The fourth-order valence-electron chi connectivity index (χ4n) is 3.23. The van der Waals surface area contributed by atoms with E-state index in [1.807, 2.05) is 31.2 Å². The Bertz CT molecular complexity index is 865. The molecule has 4 N–H and O–H groups in total. The van der Waals surface area contributed by atoms with Crippen molar-refractivity contribution in [2.75, 3.05) is 36.8 Å². The molecule has 144 valence electrons. The summed E-state index contributed by atoms with van der Waals surface area (Å²) in [5.41, 5.74) is 7.79. The average Bonchev–Trinajstić information content (AvgIpc) is 2.60. The van der Waals surface area contributed by atoms with Gasteiger partial charge in [0.25, 0.3) is 0 Å². The third kappa shape index (κ3) is 4.70. The second kappa shape index (κ2) is 8.14. The van der Waals surface area contributed by atoms with Crippen LogP contribution in [0.5, 0.6) is 0 Å². The van der Waals surface area contributed by atoms with Crippen molar-refractivity contribution in [3.8, 4) is 0 Å². The molecule has 0 amide bonds. The number of carbonyl (C=O) groups is 1. The zero-order valence-corrected chi connectivity index (χ0v) is 16.6. The number of nitrogens with zero attached hydrogens (tertiary/aromatic N) is 3. The number of aliphatic carboxylic acids is 1. The Hall–Kier alpha value is -2.32. The summed E-state index contributed by atoms with van der Waals surface area (Å²) in [5, 5.41) is 14.2. The molecule has 1 aromatic carbocycles. The number of hydrogen-bond acceptors (Lipinski definition) is 5. The number of aromatic nitrogens is 1. The van der Waals surface area contributed by atoms with Gasteiger partial charge in [-0.1, -0.05) is 11.6 Å². The minimum Gasteiger partial charge on any atom is -0.481 e. The molecule has 27 heavy (non-hydrogen) atoms. The first-order chi connectivity index (χ1) is 12.8. The summed E-state index contributed by atoms with van der Waals surface area (Å²) in [6, 6.07) is 7.31. The topological polar surface area (TPSA) is 94.7 Å². The van der Waals surface area contributed by atoms with Crippen molar-refractivity contribution < 1.29 is 9.90 Å². The number of pyridine rings is 1. The summed E-state index contributed by atoms with van der Waals surface area (Å²) in [6.45, 7) is 4.84. The molecule has 2 heterocycles. The predicted octanol–water partition coefficient (Wildman–Crippen LogP) is 2.33. The number of nitrogens with one attached hydrogen (secondary N) is 1. The number of benzene rings is 1. The fraction of sp³-hybridized carbons (Fsp3) is 0.389. The molecule has 2 aromatic rings. The van der Waals surface area contributed by atoms with Crippen molar-refractivity contribution in [3.63, 3.8) is 0 Å². The zero-order chi connectivity index (χ0) is 19.6. The average molecular weight is 408 g/mol. The molecule has 1 atom stereocenters. The maximum absolute atomic E-state index is 10.8. The highest BCUT2D eigenvalue weighted by Crippen LogP contribution is 2.30. The number of anilines is 2. The van der Waals surface area contributed by atoms with E-state index in [2.05, 4.69) is 20.1 Å². The Balaban J connectivity index is 1.68. The second-order valence-corrected chi connectivity index (χ2v) is 7.47. The number of piperazine rings is 1. The first-order valence-corrected chi connectivity index (χ1v) is 9.50. The van der Waals surface area contributed by atoms with Gasteiger partial charge >= 0.3 is 5.97 Å². The molecular formula is C18H22ClN5O2S. The van der Waals surface area contributed by atoms with Crippen LogP contribution in [0.2, 0.25) is 5.02 Å². The van der Waals surface area contributed by atoms with Gasteiger partial charge < -0.3 is 26.0 Å². The molecule has 7 nitrogen and oxygen atoms in total. The lowest BCUT2D eigenvalue weighted by atomic mass is 10.1. The third-order valence-electron chi connectivity index (χ3n) is 4.53. The van der Waals surface area contributed by atoms with Gasteiger partial charge in [0.15, 0.2) is 5.11 Å². The molecule has 1 aliphatic rings. The Morgan fingerprint density at radius 2 is 2.07 bits per heavy atom. The standard InChI is InChI=1S/C18H22ClN5O2S/c1-11(8-17(25)26)21-18(27)24-6-4-23(5-7-24)15-10-16(20)22-14-9-12(19)2-3-13(14)15/h2-3,9-11H,4-8H2,1H3,(H2,20,22)(H,21,27)(H,25,26). The second-order valence-electron chi connectivity index (χ2n) is 6.65. The highest BCUT2D eigenvalue weighted by Gasteiger charge is 2.22. The summed E-state index contributed by atoms with van der Waals surface area (Å²) in [6.07, 6.45) is 0.0327. The van der Waals surface area contributed by atoms with Crippen molar-refractivity contribution in [2.24, 2.45) is 0 Å². The molecule has 0 saturated carbocycles. The van der Waals surface area contributed by atoms with Gasteiger partial charge in [0.05, 0.1) is 11.9 Å². The normalized spacial score (nSPS) is 15.6. The van der Waals surface area contributed by atoms with E-state index in [-0.39, 0.29) is 12.5 Å². The SMILES string of the molecule is CC(CC(=O)O)NC(=S)N1CCN(c2cc(N)nc3cc(Cl)ccc23)CC1. The molecule has 9 heteroatoms. The molecule has 1 aromatic heterocycles. The Kier molecular flexibility index (Phi) is 5.86. The molecule has 1 unspecified atom stereocenters. The van der Waals surface area contributed by atoms with E-state index in [0.717, 1.165) is 42.8 Å². The molecule has 1 aliphatic heterocycles. The van der Waals surface area contributed by atoms with E-state index < -0.39 is 5.97 Å². The van der Waals surface area contributed by atoms with Gasteiger partial charge in [0.1, 0.15) is 5.82 Å². The molecule has 1 fully saturated rings. The van der Waals surface area contributed by atoms with Gasteiger partial charge in [-0.05, 0) is 37.3 Å². The molecule has 0 aliphatic carbocycles. The van der Waals surface area contributed by atoms with Crippen LogP contribution in [-0.2, 0) is 4.79 Å². The van der Waals surface area contributed by atoms with Crippen LogP contribution in [0.25, 0.3) is 10.9 Å². The lowest BCUT2D eigenvalue weighted by molar-refractivity contribution is -0.137. The van der Waals surface area contributed by atoms with E-state index in [0.29, 0.717) is 16.0 Å². The number of hydrogen-bond donors (Lipinski definition) is 3. The van der Waals surface area contributed by atoms with Gasteiger partial charge in [-0.3, -0.25) is 4.79 Å². The highest BCUT2D eigenvalue weighted by molar-refractivity contribution is 7.80. The summed E-state index contributed by atoms with van der Waals surface area (Å²) in [4.78, 5) is 19.5. The van der Waals surface area contributed by atoms with Crippen LogP contribution in [0.15, 0.2) is 24.3 Å². The van der Waals surface area contributed by atoms with E-state index in [9.17, 15) is 4.79 Å². The van der Waals surface area contributed by atoms with Crippen molar-refractivity contribution in [3.05, 3.63) is 29.3 Å². The Morgan fingerprint density at radius 3 is 2.74 bits per heavy atom. The molecule has 0 spiro atoms. The number of thiocarbonyl (C=S) groups is 1. The monoisotopic (exact) mass is 407 g/mol. The summed E-state index contributed by atoms with van der Waals surface area (Å²) >= 11 is 11.5. The predicted molar refractivity (Wildman–Crippen MR) is 112 cm³/mol. The maximum atomic E-state index is 10.8. The molecule has 0 radical (unpaired) electrons. The van der Waals surface area contributed by atoms with Crippen LogP contribution >= 0.6 is 23.8 Å². The highest BCUT2D eigenvalue weighted by atomic mass is 35.5. The number of nitrogen functional groups attached to an aromatic ring is 1. The summed E-state index contributed by atoms with van der Waals surface area (Å²) in [7, 11) is 0. The van der Waals surface area contributed by atoms with Crippen molar-refractivity contribution in [1.82, 2.24) is 15.2 Å². The third-order valence-corrected chi connectivity index (χ3v) is 5.14. The van der Waals surface area contributed by atoms with E-state index in [4.69, 9.17) is 34.7 Å². The van der Waals surface area contributed by atoms with Gasteiger partial charge in [-0.25, -0.2) is 4.98 Å². The molecule has 0 bridgehead atoms. The number of halogens is 1. The fourth-order valence-corrected chi connectivity index (χ4v) is 3.78.